The quantitative estimate of drug-likeness (QED) is 0.221. The van der Waals surface area contributed by atoms with Crippen molar-refractivity contribution < 1.29 is 76.6 Å². The number of ketones is 1. The standard InChI is InChI=1S/C37H50O16/c1-16(48-17(2)38)35-15-47-14-24(35)32(7)12-11-23-33(8,26(32)25(49-18(3)39)28(35)50-19(4)40)29(51-20(5)41)30(52-21(6)42)34(9)36(23,45)13-22(43)27-37(34,53-27)31(44)46-10/h16,23-30,45H,11-15H2,1-10H3/t16-,23?,24?,25?,26?,27?,28?,29?,30?,32?,33?,34?,35?,36?,37?/m0/s1. The van der Waals surface area contributed by atoms with E-state index in [2.05, 4.69) is 0 Å². The Morgan fingerprint density at radius 3 is 1.92 bits per heavy atom. The molecule has 0 radical (unpaired) electrons. The smallest absolute Gasteiger partial charge is 0.342 e. The van der Waals surface area contributed by atoms with Crippen molar-refractivity contribution in [2.24, 2.45) is 39.4 Å². The number of epoxide rings is 1. The van der Waals surface area contributed by atoms with Crippen LogP contribution < -0.4 is 0 Å². The van der Waals surface area contributed by atoms with Crippen molar-refractivity contribution in [1.82, 2.24) is 0 Å². The molecule has 6 rings (SSSR count). The van der Waals surface area contributed by atoms with Gasteiger partial charge in [0.05, 0.1) is 36.8 Å². The molecule has 16 nitrogen and oxygen atoms in total. The van der Waals surface area contributed by atoms with E-state index < -0.39 is 135 Å². The van der Waals surface area contributed by atoms with Gasteiger partial charge in [0.25, 0.3) is 0 Å². The minimum atomic E-state index is -2.18. The number of Topliss-reactive ketones (excluding diaryl/α,β-unsaturated/α-hetero) is 1. The molecule has 15 atom stereocenters. The van der Waals surface area contributed by atoms with Gasteiger partial charge in [-0.1, -0.05) is 13.8 Å². The van der Waals surface area contributed by atoms with Gasteiger partial charge in [0.2, 0.25) is 5.60 Å². The molecule has 4 aliphatic carbocycles. The number of fused-ring (bicyclic) bond motifs is 9. The summed E-state index contributed by atoms with van der Waals surface area (Å²) in [6.45, 7) is 12.8. The van der Waals surface area contributed by atoms with Gasteiger partial charge < -0.3 is 43.0 Å². The molecule has 1 N–H and O–H groups in total. The molecule has 16 heteroatoms. The average Bonchev–Trinajstić information content (AvgIpc) is 3.65. The third-order valence-electron chi connectivity index (χ3n) is 14.2. The number of carbonyl (C=O) groups is 7. The van der Waals surface area contributed by atoms with Gasteiger partial charge in [0.1, 0.15) is 18.3 Å². The molecule has 6 aliphatic rings. The molecule has 2 aliphatic heterocycles. The minimum absolute atomic E-state index is 0.0371. The highest BCUT2D eigenvalue weighted by Crippen LogP contribution is 2.78. The summed E-state index contributed by atoms with van der Waals surface area (Å²) in [4.78, 5) is 92.6. The Labute approximate surface area is 307 Å². The second-order valence-corrected chi connectivity index (χ2v) is 16.5. The lowest BCUT2D eigenvalue weighted by Gasteiger charge is -2.74. The third-order valence-corrected chi connectivity index (χ3v) is 14.2. The van der Waals surface area contributed by atoms with Gasteiger partial charge in [-0.25, -0.2) is 4.79 Å². The predicted octanol–water partition coefficient (Wildman–Crippen LogP) is 1.38. The Balaban J connectivity index is 1.68. The Kier molecular flexibility index (Phi) is 9.18. The lowest BCUT2D eigenvalue weighted by Crippen LogP contribution is -2.84. The van der Waals surface area contributed by atoms with E-state index in [9.17, 15) is 38.7 Å². The van der Waals surface area contributed by atoms with Gasteiger partial charge in [-0.15, -0.1) is 0 Å². The van der Waals surface area contributed by atoms with Gasteiger partial charge >= 0.3 is 35.8 Å². The molecule has 0 aromatic rings. The van der Waals surface area contributed by atoms with E-state index in [0.29, 0.717) is 0 Å². The third kappa shape index (κ3) is 4.92. The Morgan fingerprint density at radius 2 is 1.38 bits per heavy atom. The maximum absolute atomic E-state index is 13.8. The summed E-state index contributed by atoms with van der Waals surface area (Å²) < 4.78 is 47.7. The van der Waals surface area contributed by atoms with E-state index in [-0.39, 0.29) is 26.1 Å². The van der Waals surface area contributed by atoms with Gasteiger partial charge in [0, 0.05) is 58.3 Å². The number of hydrogen-bond acceptors (Lipinski definition) is 16. The zero-order valence-electron chi connectivity index (χ0n) is 31.8. The summed E-state index contributed by atoms with van der Waals surface area (Å²) in [7, 11) is 1.11. The summed E-state index contributed by atoms with van der Waals surface area (Å²) in [5.41, 5.74) is -10.0. The number of methoxy groups -OCH3 is 1. The first-order valence-corrected chi connectivity index (χ1v) is 18.0. The van der Waals surface area contributed by atoms with Crippen LogP contribution in [0, 0.1) is 39.4 Å². The average molecular weight is 751 g/mol. The Hall–Kier alpha value is -3.63. The number of rotatable bonds is 7. The highest BCUT2D eigenvalue weighted by Gasteiger charge is 2.92. The van der Waals surface area contributed by atoms with Crippen LogP contribution in [0.1, 0.15) is 81.6 Å². The van der Waals surface area contributed by atoms with Crippen LogP contribution in [0.2, 0.25) is 0 Å². The molecule has 2 saturated heterocycles. The van der Waals surface area contributed by atoms with Crippen LogP contribution in [0.3, 0.4) is 0 Å². The summed E-state index contributed by atoms with van der Waals surface area (Å²) in [6.07, 6.45) is -8.09. The van der Waals surface area contributed by atoms with E-state index in [4.69, 9.17) is 37.9 Å². The molecule has 0 bridgehead atoms. The summed E-state index contributed by atoms with van der Waals surface area (Å²) >= 11 is 0. The SMILES string of the molecule is COC(=O)C12OC1C(=O)CC1(O)C3CCC4(C)C(C(OC(C)=O)C(OC(C)=O)C5([C@H](C)OC(C)=O)COCC45)C3(C)C(OC(C)=O)C(OC(C)=O)C12C. The van der Waals surface area contributed by atoms with Crippen LogP contribution in [0.5, 0.6) is 0 Å². The molecule has 0 aromatic heterocycles. The van der Waals surface area contributed by atoms with E-state index >= 15 is 0 Å². The predicted molar refractivity (Wildman–Crippen MR) is 175 cm³/mol. The van der Waals surface area contributed by atoms with Crippen LogP contribution in [0.15, 0.2) is 0 Å². The monoisotopic (exact) mass is 750 g/mol. The minimum Gasteiger partial charge on any atom is -0.467 e. The zero-order chi connectivity index (χ0) is 39.4. The van der Waals surface area contributed by atoms with Crippen molar-refractivity contribution >= 4 is 41.6 Å². The van der Waals surface area contributed by atoms with Crippen LogP contribution in [-0.2, 0) is 71.5 Å². The molecule has 2 heterocycles. The maximum Gasteiger partial charge on any atom is 0.342 e. The Morgan fingerprint density at radius 1 is 0.811 bits per heavy atom. The van der Waals surface area contributed by atoms with Crippen molar-refractivity contribution in [3.8, 4) is 0 Å². The fourth-order valence-corrected chi connectivity index (χ4v) is 12.5. The van der Waals surface area contributed by atoms with Gasteiger partial charge in [-0.2, -0.15) is 0 Å². The first-order valence-electron chi connectivity index (χ1n) is 18.0. The topological polar surface area (TPSA) is 217 Å². The molecular weight excluding hydrogens is 700 g/mol. The molecule has 294 valence electrons. The maximum atomic E-state index is 13.8. The highest BCUT2D eigenvalue weighted by atomic mass is 16.7. The number of carbonyl (C=O) groups excluding carboxylic acids is 7. The molecule has 0 amide bonds. The number of ether oxygens (including phenoxy) is 8. The van der Waals surface area contributed by atoms with Crippen molar-refractivity contribution in [1.29, 1.82) is 0 Å². The Bertz CT molecular complexity index is 1640. The van der Waals surface area contributed by atoms with E-state index in [1.54, 1.807) is 13.8 Å². The number of esters is 6. The fourth-order valence-electron chi connectivity index (χ4n) is 12.5. The molecule has 14 unspecified atom stereocenters. The molecule has 6 fully saturated rings. The highest BCUT2D eigenvalue weighted by molar-refractivity contribution is 6.01. The first kappa shape index (κ1) is 39.1. The fraction of sp³-hybridized carbons (Fsp3) is 0.811. The number of aliphatic hydroxyl groups is 1. The summed E-state index contributed by atoms with van der Waals surface area (Å²) in [5.74, 6) is -7.83. The second-order valence-electron chi connectivity index (χ2n) is 16.5. The normalized spacial score (nSPS) is 46.7. The first-order chi connectivity index (χ1) is 24.5. The number of hydrogen-bond donors (Lipinski definition) is 1. The van der Waals surface area contributed by atoms with Crippen LogP contribution in [-0.4, -0.2) is 115 Å². The lowest BCUT2D eigenvalue weighted by molar-refractivity contribution is -0.355. The van der Waals surface area contributed by atoms with Crippen molar-refractivity contribution in [2.75, 3.05) is 20.3 Å². The van der Waals surface area contributed by atoms with Crippen LogP contribution in [0.4, 0.5) is 0 Å². The van der Waals surface area contributed by atoms with Crippen molar-refractivity contribution in [2.45, 2.75) is 129 Å². The summed E-state index contributed by atoms with van der Waals surface area (Å²) in [6, 6.07) is 0. The molecule has 53 heavy (non-hydrogen) atoms. The van der Waals surface area contributed by atoms with Gasteiger partial charge in [0.15, 0.2) is 24.1 Å². The summed E-state index contributed by atoms with van der Waals surface area (Å²) in [5, 5.41) is 13.4. The molecule has 0 spiro atoms. The zero-order valence-corrected chi connectivity index (χ0v) is 31.8. The van der Waals surface area contributed by atoms with E-state index in [1.165, 1.54) is 27.7 Å². The molecule has 4 saturated carbocycles. The molecular formula is C37H50O16. The van der Waals surface area contributed by atoms with E-state index in [1.807, 2.05) is 6.92 Å². The van der Waals surface area contributed by atoms with Gasteiger partial charge in [-0.3, -0.25) is 28.8 Å². The van der Waals surface area contributed by atoms with E-state index in [0.717, 1.165) is 21.0 Å². The van der Waals surface area contributed by atoms with Crippen molar-refractivity contribution in [3.63, 3.8) is 0 Å². The second kappa shape index (κ2) is 12.4. The van der Waals surface area contributed by atoms with Crippen molar-refractivity contribution in [3.05, 3.63) is 0 Å². The molecule has 0 aromatic carbocycles. The largest absolute Gasteiger partial charge is 0.467 e. The van der Waals surface area contributed by atoms with Crippen LogP contribution >= 0.6 is 0 Å². The van der Waals surface area contributed by atoms with Gasteiger partial charge in [-0.05, 0) is 38.0 Å². The van der Waals surface area contributed by atoms with Crippen LogP contribution in [0.25, 0.3) is 0 Å². The lowest BCUT2D eigenvalue weighted by atomic mass is 9.32.